The second-order valence-electron chi connectivity index (χ2n) is 6.96. The second kappa shape index (κ2) is 6.44. The monoisotopic (exact) mass is 311 g/mol. The van der Waals surface area contributed by atoms with Gasteiger partial charge in [-0.15, -0.1) is 0 Å². The van der Waals surface area contributed by atoms with Crippen molar-refractivity contribution in [2.24, 2.45) is 0 Å². The lowest BCUT2D eigenvalue weighted by Gasteiger charge is -2.47. The minimum absolute atomic E-state index is 0.150. The topological polar surface area (TPSA) is 41.5 Å². The number of ether oxygens (including phenoxy) is 1. The van der Waals surface area contributed by atoms with E-state index in [0.717, 1.165) is 18.4 Å². The highest BCUT2D eigenvalue weighted by atomic mass is 16.6. The molecule has 3 heteroatoms. The zero-order chi connectivity index (χ0) is 16.3. The summed E-state index contributed by atoms with van der Waals surface area (Å²) in [5.41, 5.74) is 1.93. The van der Waals surface area contributed by atoms with Gasteiger partial charge in [0.1, 0.15) is 0 Å². The van der Waals surface area contributed by atoms with Gasteiger partial charge in [-0.3, -0.25) is 0 Å². The molecule has 0 unspecified atom stereocenters. The lowest BCUT2D eigenvalue weighted by Crippen LogP contribution is -2.64. The Balaban J connectivity index is 1.82. The van der Waals surface area contributed by atoms with Crippen LogP contribution in [0.25, 0.3) is 0 Å². The highest BCUT2D eigenvalue weighted by Gasteiger charge is 2.46. The molecule has 0 bridgehead atoms. The number of rotatable bonds is 4. The van der Waals surface area contributed by atoms with E-state index in [1.54, 1.807) is 0 Å². The molecule has 2 aromatic rings. The second-order valence-corrected chi connectivity index (χ2v) is 6.96. The summed E-state index contributed by atoms with van der Waals surface area (Å²) >= 11 is 0. The van der Waals surface area contributed by atoms with Crippen LogP contribution in [0.15, 0.2) is 60.7 Å². The molecular weight excluding hydrogens is 286 g/mol. The molecule has 3 rings (SSSR count). The minimum Gasteiger partial charge on any atom is -0.361 e. The van der Waals surface area contributed by atoms with Crippen LogP contribution in [0.1, 0.15) is 31.4 Å². The predicted octanol–water partition coefficient (Wildman–Crippen LogP) is 3.23. The molecular formula is C20H25NO2. The third kappa shape index (κ3) is 3.63. The summed E-state index contributed by atoms with van der Waals surface area (Å²) in [5, 5.41) is 14.8. The smallest absolute Gasteiger partial charge is 0.208 e. The summed E-state index contributed by atoms with van der Waals surface area (Å²) in [6, 6.07) is 19.9. The highest BCUT2D eigenvalue weighted by molar-refractivity contribution is 5.24. The van der Waals surface area contributed by atoms with E-state index in [2.05, 4.69) is 31.3 Å². The van der Waals surface area contributed by atoms with E-state index >= 15 is 0 Å². The van der Waals surface area contributed by atoms with Crippen LogP contribution >= 0.6 is 0 Å². The van der Waals surface area contributed by atoms with Crippen LogP contribution in [-0.4, -0.2) is 23.3 Å². The van der Waals surface area contributed by atoms with Crippen molar-refractivity contribution < 1.29 is 9.84 Å². The van der Waals surface area contributed by atoms with Crippen molar-refractivity contribution >= 4 is 0 Å². The quantitative estimate of drug-likeness (QED) is 0.911. The van der Waals surface area contributed by atoms with Gasteiger partial charge >= 0.3 is 0 Å². The predicted molar refractivity (Wildman–Crippen MR) is 92.1 cm³/mol. The Bertz CT molecular complexity index is 627. The van der Waals surface area contributed by atoms with Gasteiger partial charge in [0, 0.05) is 11.1 Å². The van der Waals surface area contributed by atoms with Gasteiger partial charge in [-0.2, -0.15) is 0 Å². The molecule has 0 aromatic heterocycles. The standard InChI is InChI=1S/C20H25NO2/c1-19(2)15-23-20(22,17-11-7-4-8-12-17)18(21-19)14-13-16-9-5-3-6-10-16/h3-12,18,21-22H,13-15H2,1-2H3/t18-,20-/m0/s1. The fourth-order valence-electron chi connectivity index (χ4n) is 3.19. The normalized spacial score (nSPS) is 26.8. The van der Waals surface area contributed by atoms with Crippen LogP contribution in [0.3, 0.4) is 0 Å². The first-order valence-electron chi connectivity index (χ1n) is 8.23. The SMILES string of the molecule is CC1(C)CO[C@@](O)(c2ccccc2)[C@H](CCc2ccccc2)N1. The summed E-state index contributed by atoms with van der Waals surface area (Å²) in [6.07, 6.45) is 1.70. The van der Waals surface area contributed by atoms with Crippen LogP contribution in [0.4, 0.5) is 0 Å². The van der Waals surface area contributed by atoms with Crippen LogP contribution in [0.2, 0.25) is 0 Å². The molecule has 0 spiro atoms. The van der Waals surface area contributed by atoms with Gasteiger partial charge in [0.2, 0.25) is 5.79 Å². The highest BCUT2D eigenvalue weighted by Crippen LogP contribution is 2.34. The first-order chi connectivity index (χ1) is 11.0. The molecule has 2 atom stereocenters. The fourth-order valence-corrected chi connectivity index (χ4v) is 3.19. The van der Waals surface area contributed by atoms with Crippen LogP contribution in [-0.2, 0) is 16.9 Å². The third-order valence-electron chi connectivity index (χ3n) is 4.44. The van der Waals surface area contributed by atoms with Gasteiger partial charge in [-0.25, -0.2) is 0 Å². The molecule has 0 saturated carbocycles. The van der Waals surface area contributed by atoms with Crippen molar-refractivity contribution in [3.05, 3.63) is 71.8 Å². The maximum Gasteiger partial charge on any atom is 0.208 e. The zero-order valence-corrected chi connectivity index (χ0v) is 13.8. The van der Waals surface area contributed by atoms with Crippen LogP contribution in [0.5, 0.6) is 0 Å². The first-order valence-corrected chi connectivity index (χ1v) is 8.23. The van der Waals surface area contributed by atoms with Crippen molar-refractivity contribution in [1.29, 1.82) is 0 Å². The zero-order valence-electron chi connectivity index (χ0n) is 13.8. The first kappa shape index (κ1) is 16.2. The minimum atomic E-state index is -1.29. The summed E-state index contributed by atoms with van der Waals surface area (Å²) in [4.78, 5) is 0. The lowest BCUT2D eigenvalue weighted by molar-refractivity contribution is -0.267. The van der Waals surface area contributed by atoms with E-state index in [9.17, 15) is 5.11 Å². The molecule has 23 heavy (non-hydrogen) atoms. The molecule has 0 amide bonds. The van der Waals surface area contributed by atoms with Crippen LogP contribution < -0.4 is 5.32 Å². The number of hydrogen-bond acceptors (Lipinski definition) is 3. The lowest BCUT2D eigenvalue weighted by atomic mass is 9.88. The fraction of sp³-hybridized carbons (Fsp3) is 0.400. The average molecular weight is 311 g/mol. The summed E-state index contributed by atoms with van der Waals surface area (Å²) in [5.74, 6) is -1.29. The number of nitrogens with one attached hydrogen (secondary N) is 1. The Hall–Kier alpha value is -1.68. The molecule has 0 radical (unpaired) electrons. The van der Waals surface area contributed by atoms with Crippen molar-refractivity contribution in [1.82, 2.24) is 5.32 Å². The van der Waals surface area contributed by atoms with Crippen molar-refractivity contribution in [2.75, 3.05) is 6.61 Å². The molecule has 1 aliphatic rings. The van der Waals surface area contributed by atoms with Gasteiger partial charge in [0.25, 0.3) is 0 Å². The Morgan fingerprint density at radius 2 is 1.65 bits per heavy atom. The molecule has 2 N–H and O–H groups in total. The summed E-state index contributed by atoms with van der Waals surface area (Å²) < 4.78 is 5.96. The molecule has 0 aliphatic carbocycles. The number of hydrogen-bond donors (Lipinski definition) is 2. The van der Waals surface area contributed by atoms with Gasteiger partial charge < -0.3 is 15.2 Å². The Kier molecular flexibility index (Phi) is 4.53. The van der Waals surface area contributed by atoms with Gasteiger partial charge in [-0.1, -0.05) is 60.7 Å². The number of aliphatic hydroxyl groups is 1. The molecule has 122 valence electrons. The van der Waals surface area contributed by atoms with E-state index in [0.29, 0.717) is 6.61 Å². The molecule has 1 fully saturated rings. The Morgan fingerprint density at radius 1 is 1.04 bits per heavy atom. The number of aryl methyl sites for hydroxylation is 1. The van der Waals surface area contributed by atoms with E-state index in [1.165, 1.54) is 5.56 Å². The number of morpholine rings is 1. The van der Waals surface area contributed by atoms with Crippen molar-refractivity contribution in [3.63, 3.8) is 0 Å². The Morgan fingerprint density at radius 3 is 2.30 bits per heavy atom. The number of benzene rings is 2. The molecule has 1 heterocycles. The average Bonchev–Trinajstić information content (AvgIpc) is 2.57. The van der Waals surface area contributed by atoms with Gasteiger partial charge in [0.15, 0.2) is 0 Å². The van der Waals surface area contributed by atoms with Crippen LogP contribution in [0, 0.1) is 0 Å². The van der Waals surface area contributed by atoms with E-state index in [-0.39, 0.29) is 11.6 Å². The van der Waals surface area contributed by atoms with E-state index in [1.807, 2.05) is 48.5 Å². The summed E-state index contributed by atoms with van der Waals surface area (Å²) in [7, 11) is 0. The largest absolute Gasteiger partial charge is 0.361 e. The summed E-state index contributed by atoms with van der Waals surface area (Å²) in [6.45, 7) is 4.68. The van der Waals surface area contributed by atoms with E-state index in [4.69, 9.17) is 4.74 Å². The Labute approximate surface area is 138 Å². The molecule has 2 aromatic carbocycles. The maximum absolute atomic E-state index is 11.2. The molecule has 1 aliphatic heterocycles. The van der Waals surface area contributed by atoms with Crippen molar-refractivity contribution in [2.45, 2.75) is 44.1 Å². The molecule has 1 saturated heterocycles. The van der Waals surface area contributed by atoms with Gasteiger partial charge in [-0.05, 0) is 32.3 Å². The maximum atomic E-state index is 11.2. The van der Waals surface area contributed by atoms with E-state index < -0.39 is 5.79 Å². The van der Waals surface area contributed by atoms with Crippen molar-refractivity contribution in [3.8, 4) is 0 Å². The molecule has 3 nitrogen and oxygen atoms in total. The third-order valence-corrected chi connectivity index (χ3v) is 4.44. The van der Waals surface area contributed by atoms with Gasteiger partial charge in [0.05, 0.1) is 12.6 Å².